The highest BCUT2D eigenvalue weighted by atomic mass is 16.2. The monoisotopic (exact) mass is 438 g/mol. The van der Waals surface area contributed by atoms with Gasteiger partial charge in [-0.2, -0.15) is 5.21 Å². The van der Waals surface area contributed by atoms with E-state index in [4.69, 9.17) is 0 Å². The molecule has 7 heteroatoms. The van der Waals surface area contributed by atoms with Crippen molar-refractivity contribution in [3.05, 3.63) is 77.9 Å². The summed E-state index contributed by atoms with van der Waals surface area (Å²) in [5.74, 6) is 0.643. The fourth-order valence-electron chi connectivity index (χ4n) is 4.47. The standard InChI is InChI=1S/C26H26N6O/c1-3-6-24-26(33)27-22-15-17(2)9-14-23(22)32(24)16-18-10-12-19(13-11-18)20-7-4-5-8-21(20)25-28-30-31-29-25/h4-5,7-15,24H,3,6,16H2,1-2H3,(H,27,33)(H,28,29,30,31). The van der Waals surface area contributed by atoms with E-state index in [-0.39, 0.29) is 11.9 Å². The number of H-pyrrole nitrogens is 1. The van der Waals surface area contributed by atoms with E-state index in [2.05, 4.69) is 80.2 Å². The lowest BCUT2D eigenvalue weighted by Gasteiger charge is -2.38. The summed E-state index contributed by atoms with van der Waals surface area (Å²) in [5, 5.41) is 17.6. The zero-order valence-electron chi connectivity index (χ0n) is 18.7. The van der Waals surface area contributed by atoms with Crippen LogP contribution in [0.3, 0.4) is 0 Å². The molecule has 0 aliphatic carbocycles. The molecule has 2 heterocycles. The summed E-state index contributed by atoms with van der Waals surface area (Å²) < 4.78 is 0. The zero-order chi connectivity index (χ0) is 22.8. The van der Waals surface area contributed by atoms with E-state index in [1.54, 1.807) is 0 Å². The number of aromatic nitrogens is 4. The topological polar surface area (TPSA) is 86.8 Å². The Morgan fingerprint density at radius 2 is 1.79 bits per heavy atom. The predicted molar refractivity (Wildman–Crippen MR) is 130 cm³/mol. The molecule has 0 spiro atoms. The van der Waals surface area contributed by atoms with Crippen molar-refractivity contribution in [1.82, 2.24) is 20.6 Å². The zero-order valence-corrected chi connectivity index (χ0v) is 18.7. The fourth-order valence-corrected chi connectivity index (χ4v) is 4.47. The Bertz CT molecular complexity index is 1270. The number of hydrogen-bond acceptors (Lipinski definition) is 5. The normalized spacial score (nSPS) is 15.3. The smallest absolute Gasteiger partial charge is 0.247 e. The molecule has 166 valence electrons. The van der Waals surface area contributed by atoms with Gasteiger partial charge in [0.15, 0.2) is 0 Å². The van der Waals surface area contributed by atoms with Crippen molar-refractivity contribution < 1.29 is 4.79 Å². The molecule has 1 aliphatic rings. The van der Waals surface area contributed by atoms with Crippen LogP contribution in [0.5, 0.6) is 0 Å². The molecular formula is C26H26N6O. The first-order valence-corrected chi connectivity index (χ1v) is 11.2. The Labute approximate surface area is 192 Å². The first-order chi connectivity index (χ1) is 16.1. The number of benzene rings is 3. The quantitative estimate of drug-likeness (QED) is 0.444. The van der Waals surface area contributed by atoms with E-state index in [1.807, 2.05) is 31.2 Å². The summed E-state index contributed by atoms with van der Waals surface area (Å²) in [5.41, 5.74) is 7.30. The SMILES string of the molecule is CCCC1C(=O)Nc2cc(C)ccc2N1Cc1ccc(-c2ccccc2-c2nn[nH]n2)cc1. The van der Waals surface area contributed by atoms with Gasteiger partial charge in [0.25, 0.3) is 0 Å². The van der Waals surface area contributed by atoms with E-state index < -0.39 is 0 Å². The van der Waals surface area contributed by atoms with Crippen molar-refractivity contribution in [3.8, 4) is 22.5 Å². The summed E-state index contributed by atoms with van der Waals surface area (Å²) >= 11 is 0. The summed E-state index contributed by atoms with van der Waals surface area (Å²) in [7, 11) is 0. The molecule has 1 aromatic heterocycles. The van der Waals surface area contributed by atoms with Crippen molar-refractivity contribution in [2.24, 2.45) is 0 Å². The molecule has 4 aromatic rings. The van der Waals surface area contributed by atoms with Crippen molar-refractivity contribution in [2.75, 3.05) is 10.2 Å². The molecule has 7 nitrogen and oxygen atoms in total. The highest BCUT2D eigenvalue weighted by molar-refractivity contribution is 6.03. The van der Waals surface area contributed by atoms with Crippen LogP contribution in [0.1, 0.15) is 30.9 Å². The van der Waals surface area contributed by atoms with Crippen molar-refractivity contribution in [2.45, 2.75) is 39.3 Å². The van der Waals surface area contributed by atoms with Crippen LogP contribution in [-0.2, 0) is 11.3 Å². The van der Waals surface area contributed by atoms with E-state index in [0.717, 1.165) is 52.0 Å². The Hall–Kier alpha value is -4.00. The molecule has 1 amide bonds. The minimum absolute atomic E-state index is 0.0700. The number of aryl methyl sites for hydroxylation is 1. The lowest BCUT2D eigenvalue weighted by atomic mass is 9.97. The van der Waals surface area contributed by atoms with Crippen LogP contribution in [0.25, 0.3) is 22.5 Å². The van der Waals surface area contributed by atoms with Crippen LogP contribution >= 0.6 is 0 Å². The van der Waals surface area contributed by atoms with Crippen molar-refractivity contribution in [1.29, 1.82) is 0 Å². The first kappa shape index (κ1) is 20.9. The molecule has 1 aliphatic heterocycles. The van der Waals surface area contributed by atoms with Gasteiger partial charge in [-0.25, -0.2) is 0 Å². The molecule has 33 heavy (non-hydrogen) atoms. The van der Waals surface area contributed by atoms with Gasteiger partial charge in [0, 0.05) is 12.1 Å². The lowest BCUT2D eigenvalue weighted by Crippen LogP contribution is -2.47. The van der Waals surface area contributed by atoms with Gasteiger partial charge in [0.05, 0.1) is 11.4 Å². The summed E-state index contributed by atoms with van der Waals surface area (Å²) in [6.45, 7) is 4.83. The van der Waals surface area contributed by atoms with Crippen LogP contribution in [0.4, 0.5) is 11.4 Å². The Kier molecular flexibility index (Phi) is 5.60. The number of hydrogen-bond donors (Lipinski definition) is 2. The highest BCUT2D eigenvalue weighted by Gasteiger charge is 2.32. The molecule has 5 rings (SSSR count). The van der Waals surface area contributed by atoms with Gasteiger partial charge < -0.3 is 10.2 Å². The second-order valence-corrected chi connectivity index (χ2v) is 8.42. The van der Waals surface area contributed by atoms with Gasteiger partial charge >= 0.3 is 0 Å². The summed E-state index contributed by atoms with van der Waals surface area (Å²) in [4.78, 5) is 15.1. The lowest BCUT2D eigenvalue weighted by molar-refractivity contribution is -0.117. The number of carbonyl (C=O) groups excluding carboxylic acids is 1. The van der Waals surface area contributed by atoms with E-state index in [9.17, 15) is 4.79 Å². The third-order valence-electron chi connectivity index (χ3n) is 6.09. The molecule has 1 unspecified atom stereocenters. The molecule has 3 aromatic carbocycles. The van der Waals surface area contributed by atoms with Gasteiger partial charge in [-0.3, -0.25) is 4.79 Å². The van der Waals surface area contributed by atoms with Crippen LogP contribution in [0.15, 0.2) is 66.7 Å². The molecule has 0 saturated heterocycles. The van der Waals surface area contributed by atoms with E-state index in [0.29, 0.717) is 12.4 Å². The van der Waals surface area contributed by atoms with Crippen LogP contribution in [0.2, 0.25) is 0 Å². The van der Waals surface area contributed by atoms with Crippen LogP contribution in [-0.4, -0.2) is 32.6 Å². The van der Waals surface area contributed by atoms with Gasteiger partial charge in [0.1, 0.15) is 6.04 Å². The Morgan fingerprint density at radius 3 is 2.52 bits per heavy atom. The van der Waals surface area contributed by atoms with Crippen molar-refractivity contribution in [3.63, 3.8) is 0 Å². The van der Waals surface area contributed by atoms with Crippen molar-refractivity contribution >= 4 is 17.3 Å². The van der Waals surface area contributed by atoms with E-state index >= 15 is 0 Å². The number of nitrogens with zero attached hydrogens (tertiary/aromatic N) is 4. The number of amides is 1. The predicted octanol–water partition coefficient (Wildman–Crippen LogP) is 4.97. The van der Waals surface area contributed by atoms with Crippen LogP contribution < -0.4 is 10.2 Å². The second kappa shape index (κ2) is 8.86. The third kappa shape index (κ3) is 4.09. The van der Waals surface area contributed by atoms with Gasteiger partial charge in [-0.15, -0.1) is 10.2 Å². The second-order valence-electron chi connectivity index (χ2n) is 8.42. The number of tetrazole rings is 1. The number of carbonyl (C=O) groups is 1. The number of aromatic amines is 1. The molecule has 0 bridgehead atoms. The number of anilines is 2. The maximum Gasteiger partial charge on any atom is 0.247 e. The minimum Gasteiger partial charge on any atom is -0.353 e. The summed E-state index contributed by atoms with van der Waals surface area (Å²) in [6, 6.07) is 22.6. The minimum atomic E-state index is -0.177. The Balaban J connectivity index is 1.45. The number of nitrogens with one attached hydrogen (secondary N) is 2. The molecule has 1 atom stereocenters. The molecule has 0 saturated carbocycles. The number of fused-ring (bicyclic) bond motifs is 1. The summed E-state index contributed by atoms with van der Waals surface area (Å²) in [6.07, 6.45) is 1.76. The highest BCUT2D eigenvalue weighted by Crippen LogP contribution is 2.36. The van der Waals surface area contributed by atoms with Gasteiger partial charge in [-0.05, 0) is 52.9 Å². The molecule has 0 fully saturated rings. The van der Waals surface area contributed by atoms with E-state index in [1.165, 1.54) is 0 Å². The molecule has 2 N–H and O–H groups in total. The third-order valence-corrected chi connectivity index (χ3v) is 6.09. The number of rotatable bonds is 6. The fraction of sp³-hybridized carbons (Fsp3) is 0.231. The molecular weight excluding hydrogens is 412 g/mol. The average molecular weight is 439 g/mol. The maximum atomic E-state index is 12.9. The Morgan fingerprint density at radius 1 is 1.00 bits per heavy atom. The van der Waals surface area contributed by atoms with Gasteiger partial charge in [0.2, 0.25) is 11.7 Å². The molecule has 0 radical (unpaired) electrons. The van der Waals surface area contributed by atoms with Crippen LogP contribution in [0, 0.1) is 6.92 Å². The van der Waals surface area contributed by atoms with Gasteiger partial charge in [-0.1, -0.05) is 67.9 Å². The maximum absolute atomic E-state index is 12.9. The largest absolute Gasteiger partial charge is 0.353 e. The average Bonchev–Trinajstić information content (AvgIpc) is 3.36. The first-order valence-electron chi connectivity index (χ1n) is 11.2.